The molecule has 1 aromatic rings. The number of ether oxygens (including phenoxy) is 1. The van der Waals surface area contributed by atoms with Gasteiger partial charge in [-0.1, -0.05) is 6.92 Å². The van der Waals surface area contributed by atoms with E-state index >= 15 is 0 Å². The van der Waals surface area contributed by atoms with Gasteiger partial charge < -0.3 is 14.9 Å². The topological polar surface area (TPSA) is 113 Å². The number of carbonyl (C=O) groups is 1. The Hall–Kier alpha value is -1.64. The zero-order valence-corrected chi connectivity index (χ0v) is 12.7. The van der Waals surface area contributed by atoms with E-state index in [1.807, 2.05) is 0 Å². The lowest BCUT2D eigenvalue weighted by Crippen LogP contribution is -2.35. The average Bonchev–Trinajstić information content (AvgIpc) is 2.45. The molecule has 0 heterocycles. The van der Waals surface area contributed by atoms with Gasteiger partial charge in [0.05, 0.1) is 12.7 Å². The molecule has 0 radical (unpaired) electrons. The first-order chi connectivity index (χ1) is 9.85. The molecule has 0 saturated heterocycles. The first kappa shape index (κ1) is 17.4. The van der Waals surface area contributed by atoms with Gasteiger partial charge in [-0.15, -0.1) is 0 Å². The quantitative estimate of drug-likeness (QED) is 0.654. The molecule has 1 unspecified atom stereocenters. The van der Waals surface area contributed by atoms with Gasteiger partial charge in [-0.25, -0.2) is 17.9 Å². The number of carboxylic acid groups (broad SMARTS) is 1. The summed E-state index contributed by atoms with van der Waals surface area (Å²) in [6.07, 6.45) is 0.775. The highest BCUT2D eigenvalue weighted by Gasteiger charge is 2.24. The van der Waals surface area contributed by atoms with Crippen LogP contribution in [-0.2, 0) is 10.0 Å². The minimum atomic E-state index is -3.94. The van der Waals surface area contributed by atoms with Crippen molar-refractivity contribution in [2.75, 3.05) is 13.7 Å². The summed E-state index contributed by atoms with van der Waals surface area (Å²) in [5.74, 6) is -1.16. The third-order valence-electron chi connectivity index (χ3n) is 2.99. The number of carboxylic acids is 1. The van der Waals surface area contributed by atoms with Crippen LogP contribution in [-0.4, -0.2) is 44.4 Å². The SMILES string of the molecule is CCC(CCO)NS(=O)(=O)c1cc(C(=O)O)ccc1OC. The Kier molecular flexibility index (Phi) is 6.13. The number of benzene rings is 1. The highest BCUT2D eigenvalue weighted by molar-refractivity contribution is 7.89. The molecule has 0 fully saturated rings. The number of aliphatic hydroxyl groups is 1. The molecule has 0 bridgehead atoms. The number of aromatic carboxylic acids is 1. The van der Waals surface area contributed by atoms with Crippen molar-refractivity contribution >= 4 is 16.0 Å². The lowest BCUT2D eigenvalue weighted by molar-refractivity contribution is 0.0696. The molecule has 118 valence electrons. The van der Waals surface area contributed by atoms with Crippen LogP contribution in [0.3, 0.4) is 0 Å². The second-order valence-corrected chi connectivity index (χ2v) is 6.09. The summed E-state index contributed by atoms with van der Waals surface area (Å²) < 4.78 is 32.2. The Bertz CT molecular complexity index is 599. The fourth-order valence-electron chi connectivity index (χ4n) is 1.80. The Morgan fingerprint density at radius 2 is 2.10 bits per heavy atom. The van der Waals surface area contributed by atoms with Crippen LogP contribution >= 0.6 is 0 Å². The molecular weight excluding hydrogens is 298 g/mol. The molecule has 0 aliphatic rings. The van der Waals surface area contributed by atoms with E-state index in [2.05, 4.69) is 4.72 Å². The van der Waals surface area contributed by atoms with Crippen molar-refractivity contribution < 1.29 is 28.2 Å². The maximum atomic E-state index is 12.4. The summed E-state index contributed by atoms with van der Waals surface area (Å²) >= 11 is 0. The molecule has 7 nitrogen and oxygen atoms in total. The fourth-order valence-corrected chi connectivity index (χ4v) is 3.35. The summed E-state index contributed by atoms with van der Waals surface area (Å²) in [7, 11) is -2.64. The maximum Gasteiger partial charge on any atom is 0.335 e. The number of hydrogen-bond donors (Lipinski definition) is 3. The zero-order chi connectivity index (χ0) is 16.0. The minimum Gasteiger partial charge on any atom is -0.495 e. The monoisotopic (exact) mass is 317 g/mol. The van der Waals surface area contributed by atoms with Crippen LogP contribution in [0.25, 0.3) is 0 Å². The molecule has 0 spiro atoms. The number of methoxy groups -OCH3 is 1. The van der Waals surface area contributed by atoms with Crippen LogP contribution in [0.2, 0.25) is 0 Å². The number of aliphatic hydroxyl groups excluding tert-OH is 1. The van der Waals surface area contributed by atoms with Crippen molar-refractivity contribution in [3.05, 3.63) is 23.8 Å². The van der Waals surface area contributed by atoms with Crippen molar-refractivity contribution in [2.24, 2.45) is 0 Å². The van der Waals surface area contributed by atoms with Gasteiger partial charge in [0.15, 0.2) is 0 Å². The van der Waals surface area contributed by atoms with Crippen LogP contribution in [0, 0.1) is 0 Å². The summed E-state index contributed by atoms with van der Waals surface area (Å²) in [6.45, 7) is 1.64. The molecule has 0 amide bonds. The predicted molar refractivity (Wildman–Crippen MR) is 76.1 cm³/mol. The molecule has 21 heavy (non-hydrogen) atoms. The van der Waals surface area contributed by atoms with Crippen molar-refractivity contribution in [3.63, 3.8) is 0 Å². The van der Waals surface area contributed by atoms with E-state index in [0.717, 1.165) is 6.07 Å². The Balaban J connectivity index is 3.22. The van der Waals surface area contributed by atoms with E-state index in [9.17, 15) is 13.2 Å². The Labute approximate surface area is 123 Å². The first-order valence-corrected chi connectivity index (χ1v) is 7.88. The Morgan fingerprint density at radius 3 is 2.57 bits per heavy atom. The first-order valence-electron chi connectivity index (χ1n) is 6.40. The molecule has 1 atom stereocenters. The van der Waals surface area contributed by atoms with Gasteiger partial charge in [0.1, 0.15) is 10.6 Å². The normalized spacial score (nSPS) is 12.9. The highest BCUT2D eigenvalue weighted by atomic mass is 32.2. The van der Waals surface area contributed by atoms with Crippen LogP contribution in [0.4, 0.5) is 0 Å². The third-order valence-corrected chi connectivity index (χ3v) is 4.53. The lowest BCUT2D eigenvalue weighted by Gasteiger charge is -2.17. The maximum absolute atomic E-state index is 12.4. The van der Waals surface area contributed by atoms with Gasteiger partial charge in [-0.2, -0.15) is 0 Å². The van der Waals surface area contributed by atoms with E-state index in [1.165, 1.54) is 19.2 Å². The van der Waals surface area contributed by atoms with Gasteiger partial charge in [0.2, 0.25) is 10.0 Å². The molecular formula is C13H19NO6S. The van der Waals surface area contributed by atoms with Gasteiger partial charge in [0.25, 0.3) is 0 Å². The fraction of sp³-hybridized carbons (Fsp3) is 0.462. The molecule has 0 aliphatic heterocycles. The summed E-state index contributed by atoms with van der Waals surface area (Å²) in [5, 5.41) is 17.9. The number of rotatable bonds is 8. The number of sulfonamides is 1. The van der Waals surface area contributed by atoms with Crippen molar-refractivity contribution in [3.8, 4) is 5.75 Å². The largest absolute Gasteiger partial charge is 0.495 e. The van der Waals surface area contributed by atoms with Crippen molar-refractivity contribution in [1.29, 1.82) is 0 Å². The Morgan fingerprint density at radius 1 is 1.43 bits per heavy atom. The standard InChI is InChI=1S/C13H19NO6S/c1-3-10(6-7-15)14-21(18,19)12-8-9(13(16)17)4-5-11(12)20-2/h4-5,8,10,14-15H,3,6-7H2,1-2H3,(H,16,17). The van der Waals surface area contributed by atoms with E-state index in [0.29, 0.717) is 6.42 Å². The van der Waals surface area contributed by atoms with Gasteiger partial charge in [0, 0.05) is 12.6 Å². The van der Waals surface area contributed by atoms with Crippen LogP contribution < -0.4 is 9.46 Å². The molecule has 3 N–H and O–H groups in total. The summed E-state index contributed by atoms with van der Waals surface area (Å²) in [5.41, 5.74) is -0.147. The number of nitrogens with one attached hydrogen (secondary N) is 1. The zero-order valence-electron chi connectivity index (χ0n) is 11.9. The average molecular weight is 317 g/mol. The van der Waals surface area contributed by atoms with Crippen LogP contribution in [0.15, 0.2) is 23.1 Å². The van der Waals surface area contributed by atoms with Crippen LogP contribution in [0.5, 0.6) is 5.75 Å². The smallest absolute Gasteiger partial charge is 0.335 e. The second-order valence-electron chi connectivity index (χ2n) is 4.41. The van der Waals surface area contributed by atoms with Gasteiger partial charge >= 0.3 is 5.97 Å². The van der Waals surface area contributed by atoms with Crippen molar-refractivity contribution in [1.82, 2.24) is 4.72 Å². The lowest BCUT2D eigenvalue weighted by atomic mass is 10.2. The molecule has 0 saturated carbocycles. The molecule has 1 aromatic carbocycles. The predicted octanol–water partition coefficient (Wildman–Crippen LogP) is 0.833. The van der Waals surface area contributed by atoms with Crippen molar-refractivity contribution in [2.45, 2.75) is 30.7 Å². The molecule has 1 rings (SSSR count). The molecule has 0 aromatic heterocycles. The third kappa shape index (κ3) is 4.42. The second kappa shape index (κ2) is 7.39. The van der Waals surface area contributed by atoms with E-state index < -0.39 is 22.0 Å². The van der Waals surface area contributed by atoms with Gasteiger partial charge in [-0.05, 0) is 31.0 Å². The summed E-state index contributed by atoms with van der Waals surface area (Å²) in [6, 6.07) is 3.18. The van der Waals surface area contributed by atoms with E-state index in [-0.39, 0.29) is 29.2 Å². The van der Waals surface area contributed by atoms with Crippen LogP contribution in [0.1, 0.15) is 30.1 Å². The number of hydrogen-bond acceptors (Lipinski definition) is 5. The minimum absolute atomic E-state index is 0.0614. The highest BCUT2D eigenvalue weighted by Crippen LogP contribution is 2.25. The molecule has 0 aliphatic carbocycles. The van der Waals surface area contributed by atoms with E-state index in [1.54, 1.807) is 6.92 Å². The molecule has 8 heteroatoms. The van der Waals surface area contributed by atoms with E-state index in [4.69, 9.17) is 14.9 Å². The van der Waals surface area contributed by atoms with Gasteiger partial charge in [-0.3, -0.25) is 0 Å². The summed E-state index contributed by atoms with van der Waals surface area (Å²) in [4.78, 5) is 10.7.